The average molecular weight is 334 g/mol. The maximum Gasteiger partial charge on any atom is 0.257 e. The van der Waals surface area contributed by atoms with E-state index in [4.69, 9.17) is 0 Å². The van der Waals surface area contributed by atoms with Crippen LogP contribution in [0.15, 0.2) is 36.4 Å². The molecule has 0 radical (unpaired) electrons. The fourth-order valence-corrected chi connectivity index (χ4v) is 3.88. The third kappa shape index (κ3) is 2.54. The minimum absolute atomic E-state index is 0.182. The van der Waals surface area contributed by atoms with E-state index in [1.165, 1.54) is 11.3 Å². The summed E-state index contributed by atoms with van der Waals surface area (Å²) in [6, 6.07) is 13.5. The molecule has 2 aromatic carbocycles. The number of para-hydroxylation sites is 1. The summed E-state index contributed by atoms with van der Waals surface area (Å²) in [7, 11) is 0. The number of nitriles is 1. The van der Waals surface area contributed by atoms with Crippen molar-refractivity contribution in [3.8, 4) is 6.07 Å². The van der Waals surface area contributed by atoms with E-state index in [1.807, 2.05) is 24.3 Å². The van der Waals surface area contributed by atoms with Gasteiger partial charge in [0, 0.05) is 12.1 Å². The molecule has 0 saturated heterocycles. The van der Waals surface area contributed by atoms with Gasteiger partial charge in [0.1, 0.15) is 0 Å². The molecule has 4 rings (SSSR count). The molecule has 1 aliphatic rings. The van der Waals surface area contributed by atoms with Crippen LogP contribution in [0.1, 0.15) is 27.0 Å². The zero-order valence-electron chi connectivity index (χ0n) is 12.8. The van der Waals surface area contributed by atoms with Crippen molar-refractivity contribution < 1.29 is 4.79 Å². The molecule has 5 nitrogen and oxygen atoms in total. The summed E-state index contributed by atoms with van der Waals surface area (Å²) < 4.78 is 1.04. The van der Waals surface area contributed by atoms with Crippen molar-refractivity contribution in [3.05, 3.63) is 58.7 Å². The first-order chi connectivity index (χ1) is 11.8. The highest BCUT2D eigenvalue weighted by molar-refractivity contribution is 7.22. The number of rotatable bonds is 2. The molecule has 0 saturated carbocycles. The third-order valence-corrected chi connectivity index (χ3v) is 5.12. The molecule has 0 aliphatic carbocycles. The van der Waals surface area contributed by atoms with Gasteiger partial charge in [-0.15, -0.1) is 0 Å². The van der Waals surface area contributed by atoms with Crippen molar-refractivity contribution in [2.24, 2.45) is 0 Å². The second-order valence-electron chi connectivity index (χ2n) is 5.60. The Bertz CT molecular complexity index is 953. The molecule has 0 spiro atoms. The van der Waals surface area contributed by atoms with Crippen LogP contribution in [0, 0.1) is 11.3 Å². The highest BCUT2D eigenvalue weighted by atomic mass is 32.1. The number of nitrogens with one attached hydrogen (secondary N) is 2. The van der Waals surface area contributed by atoms with Crippen LogP contribution in [0.5, 0.6) is 0 Å². The van der Waals surface area contributed by atoms with Crippen LogP contribution in [0.3, 0.4) is 0 Å². The van der Waals surface area contributed by atoms with Gasteiger partial charge in [-0.1, -0.05) is 23.5 Å². The molecule has 1 aromatic heterocycles. The van der Waals surface area contributed by atoms with Crippen LogP contribution >= 0.6 is 11.3 Å². The first kappa shape index (κ1) is 14.8. The fourth-order valence-electron chi connectivity index (χ4n) is 3.01. The number of amides is 1. The van der Waals surface area contributed by atoms with Gasteiger partial charge in [0.15, 0.2) is 5.13 Å². The quantitative estimate of drug-likeness (QED) is 0.755. The molecular formula is C18H14N4OS. The lowest BCUT2D eigenvalue weighted by Crippen LogP contribution is -2.27. The maximum atomic E-state index is 12.7. The minimum atomic E-state index is -0.182. The topological polar surface area (TPSA) is 77.8 Å². The van der Waals surface area contributed by atoms with Crippen LogP contribution in [0.25, 0.3) is 10.2 Å². The van der Waals surface area contributed by atoms with Crippen molar-refractivity contribution in [1.29, 1.82) is 5.26 Å². The molecular weight excluding hydrogens is 320 g/mol. The van der Waals surface area contributed by atoms with E-state index < -0.39 is 0 Å². The summed E-state index contributed by atoms with van der Waals surface area (Å²) in [5, 5.41) is 16.0. The number of hydrogen-bond donors (Lipinski definition) is 2. The number of fused-ring (bicyclic) bond motifs is 2. The summed E-state index contributed by atoms with van der Waals surface area (Å²) in [6.07, 6.45) is 0.764. The molecule has 1 amide bonds. The molecule has 0 unspecified atom stereocenters. The summed E-state index contributed by atoms with van der Waals surface area (Å²) in [5.41, 5.74) is 4.03. The van der Waals surface area contributed by atoms with Crippen molar-refractivity contribution >= 4 is 32.6 Å². The van der Waals surface area contributed by atoms with E-state index in [9.17, 15) is 10.1 Å². The Morgan fingerprint density at radius 1 is 1.25 bits per heavy atom. The zero-order chi connectivity index (χ0) is 16.5. The first-order valence-electron chi connectivity index (χ1n) is 7.69. The predicted octanol–water partition coefficient (Wildman–Crippen LogP) is 3.07. The molecule has 118 valence electrons. The number of anilines is 1. The molecule has 0 atom stereocenters. The van der Waals surface area contributed by atoms with E-state index in [0.29, 0.717) is 22.8 Å². The van der Waals surface area contributed by atoms with Crippen LogP contribution in [0.2, 0.25) is 0 Å². The molecule has 24 heavy (non-hydrogen) atoms. The Kier molecular flexibility index (Phi) is 3.73. The van der Waals surface area contributed by atoms with Gasteiger partial charge < -0.3 is 5.32 Å². The SMILES string of the molecule is N#Cc1ccc(C(=O)Nc2nc3ccccc3s2)c2c1CCNC2. The Hall–Kier alpha value is -2.75. The highest BCUT2D eigenvalue weighted by Crippen LogP contribution is 2.27. The number of carbonyl (C=O) groups excluding carboxylic acids is 1. The van der Waals surface area contributed by atoms with Crippen molar-refractivity contribution in [2.75, 3.05) is 11.9 Å². The van der Waals surface area contributed by atoms with Gasteiger partial charge >= 0.3 is 0 Å². The summed E-state index contributed by atoms with van der Waals surface area (Å²) in [5.74, 6) is -0.182. The highest BCUT2D eigenvalue weighted by Gasteiger charge is 2.21. The van der Waals surface area contributed by atoms with E-state index >= 15 is 0 Å². The number of benzene rings is 2. The lowest BCUT2D eigenvalue weighted by molar-refractivity contribution is 0.102. The summed E-state index contributed by atoms with van der Waals surface area (Å²) in [4.78, 5) is 17.1. The van der Waals surface area contributed by atoms with Crippen molar-refractivity contribution in [2.45, 2.75) is 13.0 Å². The number of hydrogen-bond acceptors (Lipinski definition) is 5. The number of nitrogens with zero attached hydrogens (tertiary/aromatic N) is 2. The van der Waals surface area contributed by atoms with Gasteiger partial charge in [-0.25, -0.2) is 4.98 Å². The van der Waals surface area contributed by atoms with Gasteiger partial charge in [-0.2, -0.15) is 5.26 Å². The smallest absolute Gasteiger partial charge is 0.257 e. The molecule has 2 heterocycles. The van der Waals surface area contributed by atoms with Gasteiger partial charge in [0.2, 0.25) is 0 Å². The Balaban J connectivity index is 1.68. The largest absolute Gasteiger partial charge is 0.312 e. The van der Waals surface area contributed by atoms with Gasteiger partial charge in [-0.3, -0.25) is 10.1 Å². The second kappa shape index (κ2) is 6.04. The summed E-state index contributed by atoms with van der Waals surface area (Å²) >= 11 is 1.45. The lowest BCUT2D eigenvalue weighted by atomic mass is 9.91. The molecule has 0 bridgehead atoms. The molecule has 0 fully saturated rings. The van der Waals surface area contributed by atoms with E-state index in [2.05, 4.69) is 21.7 Å². The zero-order valence-corrected chi connectivity index (χ0v) is 13.6. The van der Waals surface area contributed by atoms with Crippen LogP contribution in [0.4, 0.5) is 5.13 Å². The predicted molar refractivity (Wildman–Crippen MR) is 94.1 cm³/mol. The standard InChI is InChI=1S/C18H14N4OS/c19-9-11-5-6-13(14-10-20-8-7-12(11)14)17(23)22-18-21-15-3-1-2-4-16(15)24-18/h1-6,20H,7-8,10H2,(H,21,22,23). The van der Waals surface area contributed by atoms with Gasteiger partial charge in [-0.05, 0) is 48.4 Å². The Morgan fingerprint density at radius 2 is 2.12 bits per heavy atom. The van der Waals surface area contributed by atoms with Crippen LogP contribution < -0.4 is 10.6 Å². The maximum absolute atomic E-state index is 12.7. The van der Waals surface area contributed by atoms with Crippen molar-refractivity contribution in [3.63, 3.8) is 0 Å². The normalized spacial score (nSPS) is 13.3. The molecule has 2 N–H and O–H groups in total. The van der Waals surface area contributed by atoms with E-state index in [0.717, 1.165) is 34.3 Å². The fraction of sp³-hybridized carbons (Fsp3) is 0.167. The van der Waals surface area contributed by atoms with E-state index in [1.54, 1.807) is 12.1 Å². The minimum Gasteiger partial charge on any atom is -0.312 e. The monoisotopic (exact) mass is 334 g/mol. The second-order valence-corrected chi connectivity index (χ2v) is 6.63. The van der Waals surface area contributed by atoms with E-state index in [-0.39, 0.29) is 5.91 Å². The van der Waals surface area contributed by atoms with Crippen LogP contribution in [-0.4, -0.2) is 17.4 Å². The average Bonchev–Trinajstić information content (AvgIpc) is 3.02. The summed E-state index contributed by atoms with van der Waals surface area (Å²) in [6.45, 7) is 1.43. The Labute approximate surface area is 143 Å². The number of thiazole rings is 1. The van der Waals surface area contributed by atoms with Crippen LogP contribution in [-0.2, 0) is 13.0 Å². The van der Waals surface area contributed by atoms with Gasteiger partial charge in [0.05, 0.1) is 21.8 Å². The van der Waals surface area contributed by atoms with Gasteiger partial charge in [0.25, 0.3) is 5.91 Å². The molecule has 1 aliphatic heterocycles. The first-order valence-corrected chi connectivity index (χ1v) is 8.50. The number of carbonyl (C=O) groups is 1. The molecule has 3 aromatic rings. The van der Waals surface area contributed by atoms with Crippen molar-refractivity contribution in [1.82, 2.24) is 10.3 Å². The number of aromatic nitrogens is 1. The molecule has 6 heteroatoms. The third-order valence-electron chi connectivity index (χ3n) is 4.16. The lowest BCUT2D eigenvalue weighted by Gasteiger charge is -2.21. The Morgan fingerprint density at radius 3 is 2.96 bits per heavy atom.